The summed E-state index contributed by atoms with van der Waals surface area (Å²) >= 11 is 0. The fraction of sp³-hybridized carbons (Fsp3) is 0.974. The second-order valence-corrected chi connectivity index (χ2v) is 19.4. The predicted octanol–water partition coefficient (Wildman–Crippen LogP) is 5.71. The van der Waals surface area contributed by atoms with Crippen molar-refractivity contribution in [1.82, 2.24) is 4.90 Å². The maximum Gasteiger partial charge on any atom is 0.303 e. The van der Waals surface area contributed by atoms with Crippen LogP contribution in [0.15, 0.2) is 0 Å². The second-order valence-electron chi connectivity index (χ2n) is 19.4. The van der Waals surface area contributed by atoms with E-state index in [-0.39, 0.29) is 52.0 Å². The smallest absolute Gasteiger partial charge is 0.303 e. The lowest BCUT2D eigenvalue weighted by molar-refractivity contribution is -0.249. The number of esters is 1. The van der Waals surface area contributed by atoms with Gasteiger partial charge < -0.3 is 29.2 Å². The average molecular weight is 658 g/mol. The topological polar surface area (TPSA) is 97.7 Å². The van der Waals surface area contributed by atoms with Gasteiger partial charge in [0.15, 0.2) is 12.4 Å². The minimum atomic E-state index is -1.25. The van der Waals surface area contributed by atoms with Crippen molar-refractivity contribution in [2.45, 2.75) is 168 Å². The minimum Gasteiger partial charge on any atom is -0.457 e. The summed E-state index contributed by atoms with van der Waals surface area (Å²) in [6.45, 7) is 19.7. The molecule has 2 saturated heterocycles. The molecule has 0 amide bonds. The van der Waals surface area contributed by atoms with E-state index in [1.807, 2.05) is 0 Å². The first-order valence-electron chi connectivity index (χ1n) is 19.2. The largest absolute Gasteiger partial charge is 0.457 e. The molecule has 8 heteroatoms. The molecule has 8 fully saturated rings. The third kappa shape index (κ3) is 4.55. The number of hydrogen-bond donors (Lipinski definition) is 2. The summed E-state index contributed by atoms with van der Waals surface area (Å²) in [5.41, 5.74) is -0.854. The van der Waals surface area contributed by atoms with Gasteiger partial charge in [0.1, 0.15) is 0 Å². The summed E-state index contributed by atoms with van der Waals surface area (Å²) in [5, 5.41) is 23.6. The SMILES string of the molecule is CC(=O)OC(C1CC(C)C2C(O1)C(O)C1(C)C3CCC4C(C)(C)C(OC5CN(C6CC6)CCO5)CCC45CC35CCC21C)C(C)(C)O. The molecule has 14 atom stereocenters. The summed E-state index contributed by atoms with van der Waals surface area (Å²) < 4.78 is 25.7. The molecule has 0 radical (unpaired) electrons. The molecule has 47 heavy (non-hydrogen) atoms. The van der Waals surface area contributed by atoms with Crippen LogP contribution >= 0.6 is 0 Å². The van der Waals surface area contributed by atoms with E-state index in [0.717, 1.165) is 45.0 Å². The molecular weight excluding hydrogens is 594 g/mol. The quantitative estimate of drug-likeness (QED) is 0.351. The first kappa shape index (κ1) is 33.4. The van der Waals surface area contributed by atoms with Crippen molar-refractivity contribution < 1.29 is 34.0 Å². The van der Waals surface area contributed by atoms with Crippen LogP contribution in [0, 0.1) is 50.7 Å². The van der Waals surface area contributed by atoms with Crippen LogP contribution in [0.4, 0.5) is 0 Å². The van der Waals surface area contributed by atoms with Crippen molar-refractivity contribution in [3.63, 3.8) is 0 Å². The highest BCUT2D eigenvalue weighted by molar-refractivity contribution is 5.66. The Balaban J connectivity index is 1.04. The molecule has 266 valence electrons. The van der Waals surface area contributed by atoms with Crippen molar-refractivity contribution in [1.29, 1.82) is 0 Å². The van der Waals surface area contributed by atoms with Gasteiger partial charge in [-0.3, -0.25) is 9.69 Å². The van der Waals surface area contributed by atoms with E-state index in [2.05, 4.69) is 39.5 Å². The maximum atomic E-state index is 12.6. The molecule has 0 bridgehead atoms. The van der Waals surface area contributed by atoms with E-state index in [1.165, 1.54) is 45.4 Å². The monoisotopic (exact) mass is 657 g/mol. The Kier molecular flexibility index (Phi) is 7.55. The molecule has 2 heterocycles. The van der Waals surface area contributed by atoms with Crippen molar-refractivity contribution >= 4 is 5.97 Å². The molecule has 0 aromatic heterocycles. The number of ether oxygens (including phenoxy) is 4. The first-order valence-corrected chi connectivity index (χ1v) is 19.2. The number of hydrogen-bond acceptors (Lipinski definition) is 8. The normalized spacial score (nSPS) is 52.7. The number of aliphatic hydroxyl groups is 2. The van der Waals surface area contributed by atoms with Gasteiger partial charge in [-0.1, -0.05) is 34.6 Å². The van der Waals surface area contributed by atoms with Gasteiger partial charge in [0.25, 0.3) is 0 Å². The van der Waals surface area contributed by atoms with Crippen LogP contribution in [-0.4, -0.2) is 89.2 Å². The Morgan fingerprint density at radius 2 is 1.70 bits per heavy atom. The number of fused-ring (bicyclic) bond motifs is 4. The Labute approximate surface area is 283 Å². The molecule has 2 N–H and O–H groups in total. The van der Waals surface area contributed by atoms with Gasteiger partial charge >= 0.3 is 5.97 Å². The van der Waals surface area contributed by atoms with Crippen LogP contribution in [0.25, 0.3) is 0 Å². The number of rotatable bonds is 6. The van der Waals surface area contributed by atoms with E-state index >= 15 is 0 Å². The zero-order valence-corrected chi connectivity index (χ0v) is 30.4. The Hall–Kier alpha value is -0.770. The standard InChI is InChI=1S/C39H63NO7/c1-22-19-25(33(35(5,6)43)45-23(2)41)46-31-30(22)36(7)15-16-39-21-38(39)14-13-28(47-29-20-40(17-18-44-29)24-9-10-24)34(3,4)26(38)11-12-27(39)37(36,8)32(31)42/h22,24-33,42-43H,9-21H2,1-8H3. The molecule has 6 saturated carbocycles. The summed E-state index contributed by atoms with van der Waals surface area (Å²) in [6.07, 6.45) is 9.65. The Bertz CT molecular complexity index is 1260. The molecule has 14 unspecified atom stereocenters. The zero-order valence-electron chi connectivity index (χ0n) is 30.4. The molecule has 0 aromatic carbocycles. The van der Waals surface area contributed by atoms with E-state index in [0.29, 0.717) is 23.7 Å². The van der Waals surface area contributed by atoms with Gasteiger partial charge in [0, 0.05) is 31.5 Å². The van der Waals surface area contributed by atoms with Crippen molar-refractivity contribution in [2.75, 3.05) is 19.7 Å². The highest BCUT2D eigenvalue weighted by atomic mass is 16.7. The van der Waals surface area contributed by atoms with Gasteiger partial charge in [-0.05, 0) is 123 Å². The number of morpholine rings is 1. The summed E-state index contributed by atoms with van der Waals surface area (Å²) in [4.78, 5) is 14.7. The minimum absolute atomic E-state index is 0.0404. The Morgan fingerprint density at radius 3 is 2.38 bits per heavy atom. The van der Waals surface area contributed by atoms with Crippen LogP contribution in [0.3, 0.4) is 0 Å². The highest BCUT2D eigenvalue weighted by Crippen LogP contribution is 2.89. The van der Waals surface area contributed by atoms with Crippen LogP contribution < -0.4 is 0 Å². The van der Waals surface area contributed by atoms with Gasteiger partial charge in [-0.2, -0.15) is 0 Å². The van der Waals surface area contributed by atoms with Gasteiger partial charge in [-0.15, -0.1) is 0 Å². The second kappa shape index (κ2) is 10.6. The maximum absolute atomic E-state index is 12.6. The number of nitrogens with zero attached hydrogens (tertiary/aromatic N) is 1. The Morgan fingerprint density at radius 1 is 1.00 bits per heavy atom. The van der Waals surface area contributed by atoms with Gasteiger partial charge in [-0.25, -0.2) is 0 Å². The van der Waals surface area contributed by atoms with Crippen molar-refractivity contribution in [3.8, 4) is 0 Å². The molecule has 0 aromatic rings. The lowest BCUT2D eigenvalue weighted by Crippen LogP contribution is -2.60. The van der Waals surface area contributed by atoms with Crippen LogP contribution in [0.2, 0.25) is 0 Å². The van der Waals surface area contributed by atoms with Crippen molar-refractivity contribution in [3.05, 3.63) is 0 Å². The van der Waals surface area contributed by atoms with Gasteiger partial charge in [0.05, 0.1) is 36.6 Å². The van der Waals surface area contributed by atoms with E-state index in [4.69, 9.17) is 18.9 Å². The molecule has 8 nitrogen and oxygen atoms in total. The molecule has 2 aliphatic heterocycles. The van der Waals surface area contributed by atoms with Crippen LogP contribution in [0.1, 0.15) is 120 Å². The van der Waals surface area contributed by atoms with E-state index in [1.54, 1.807) is 13.8 Å². The molecule has 2 spiro atoms. The summed E-state index contributed by atoms with van der Waals surface area (Å²) in [6, 6.07) is 0.749. The molecule has 6 aliphatic carbocycles. The fourth-order valence-electron chi connectivity index (χ4n) is 14.3. The van der Waals surface area contributed by atoms with Crippen LogP contribution in [0.5, 0.6) is 0 Å². The molecular formula is C39H63NO7. The molecule has 8 aliphatic rings. The first-order chi connectivity index (χ1) is 22.0. The summed E-state index contributed by atoms with van der Waals surface area (Å²) in [5.74, 6) is 1.18. The molecule has 8 rings (SSSR count). The predicted molar refractivity (Wildman–Crippen MR) is 177 cm³/mol. The summed E-state index contributed by atoms with van der Waals surface area (Å²) in [7, 11) is 0. The third-order valence-electron chi connectivity index (χ3n) is 16.5. The van der Waals surface area contributed by atoms with Crippen molar-refractivity contribution in [2.24, 2.45) is 50.7 Å². The fourth-order valence-corrected chi connectivity index (χ4v) is 14.3. The number of aliphatic hydroxyl groups excluding tert-OH is 1. The highest BCUT2D eigenvalue weighted by Gasteiger charge is 2.84. The van der Waals surface area contributed by atoms with Crippen LogP contribution in [-0.2, 0) is 23.7 Å². The average Bonchev–Trinajstić information content (AvgIpc) is 3.91. The van der Waals surface area contributed by atoms with Gasteiger partial charge in [0.2, 0.25) is 0 Å². The third-order valence-corrected chi connectivity index (χ3v) is 16.5. The lowest BCUT2D eigenvalue weighted by Gasteiger charge is -2.64. The lowest BCUT2D eigenvalue weighted by atomic mass is 9.41. The number of carbonyl (C=O) groups is 1. The zero-order chi connectivity index (χ0) is 33.5. The van der Waals surface area contributed by atoms with E-state index < -0.39 is 29.9 Å². The van der Waals surface area contributed by atoms with E-state index in [9.17, 15) is 15.0 Å². The number of carbonyl (C=O) groups excluding carboxylic acids is 1.